The van der Waals surface area contributed by atoms with E-state index in [4.69, 9.17) is 14.2 Å². The molecule has 0 aromatic carbocycles. The van der Waals surface area contributed by atoms with E-state index in [1.807, 2.05) is 0 Å². The molecule has 0 spiro atoms. The van der Waals surface area contributed by atoms with E-state index in [0.717, 1.165) is 122 Å². The van der Waals surface area contributed by atoms with E-state index in [2.05, 4.69) is 118 Å². The van der Waals surface area contributed by atoms with E-state index < -0.39 is 6.10 Å². The maximum atomic E-state index is 13.0. The maximum Gasteiger partial charge on any atom is 0.306 e. The molecule has 0 heterocycles. The molecule has 0 aliphatic rings. The van der Waals surface area contributed by atoms with Crippen LogP contribution in [0.5, 0.6) is 0 Å². The molecule has 80 heavy (non-hydrogen) atoms. The Labute approximate surface area is 496 Å². The Bertz CT molecular complexity index is 1560. The van der Waals surface area contributed by atoms with Gasteiger partial charge >= 0.3 is 17.9 Å². The first-order chi connectivity index (χ1) is 39.5. The molecule has 0 radical (unpaired) electrons. The van der Waals surface area contributed by atoms with Crippen molar-refractivity contribution >= 4 is 17.9 Å². The molecule has 0 saturated heterocycles. The van der Waals surface area contributed by atoms with Gasteiger partial charge in [-0.15, -0.1) is 0 Å². The standard InChI is InChI=1S/C74H128O6/c1-4-7-10-13-16-19-22-25-28-31-34-35-36-37-38-39-41-43-46-49-52-55-58-61-64-67-73(76)79-70-71(69-78-72(75)66-63-60-57-54-51-48-45-42-33-30-27-24-21-18-15-12-9-6-3)80-74(77)68-65-62-59-56-53-50-47-44-40-32-29-26-23-20-17-14-11-8-5-2/h7,10,16,19,21,24-25,28,30,33-35,37-38,41,43,71H,4-6,8-9,11-15,17-18,20,22-23,26-27,29,31-32,36,39-40,42,44-70H2,1-3H3/b10-7-,19-16-,24-21-,28-25-,33-30-,35-34-,38-37-,43-41-. The predicted octanol–water partition coefficient (Wildman–Crippen LogP) is 23.6. The van der Waals surface area contributed by atoms with Crippen molar-refractivity contribution in [2.45, 2.75) is 341 Å². The normalized spacial score (nSPS) is 12.7. The fourth-order valence-corrected chi connectivity index (χ4v) is 9.71. The lowest BCUT2D eigenvalue weighted by Gasteiger charge is -2.18. The van der Waals surface area contributed by atoms with Crippen molar-refractivity contribution in [2.75, 3.05) is 13.2 Å². The van der Waals surface area contributed by atoms with Gasteiger partial charge in [0.15, 0.2) is 6.10 Å². The zero-order valence-electron chi connectivity index (χ0n) is 52.8. The summed E-state index contributed by atoms with van der Waals surface area (Å²) in [5.74, 6) is -0.889. The second kappa shape index (κ2) is 67.8. The molecule has 0 aromatic heterocycles. The topological polar surface area (TPSA) is 78.9 Å². The molecule has 6 nitrogen and oxygen atoms in total. The van der Waals surface area contributed by atoms with Crippen molar-refractivity contribution in [2.24, 2.45) is 0 Å². The summed E-state index contributed by atoms with van der Waals surface area (Å²) in [6, 6.07) is 0. The summed E-state index contributed by atoms with van der Waals surface area (Å²) in [6.45, 7) is 6.54. The van der Waals surface area contributed by atoms with E-state index in [1.54, 1.807) is 0 Å². The number of hydrogen-bond acceptors (Lipinski definition) is 6. The summed E-state index contributed by atoms with van der Waals surface area (Å²) >= 11 is 0. The summed E-state index contributed by atoms with van der Waals surface area (Å²) in [4.78, 5) is 38.4. The Morgan fingerprint density at radius 2 is 0.487 bits per heavy atom. The molecule has 1 atom stereocenters. The van der Waals surface area contributed by atoms with E-state index in [-0.39, 0.29) is 31.1 Å². The first-order valence-corrected chi connectivity index (χ1v) is 34.2. The highest BCUT2D eigenvalue weighted by molar-refractivity contribution is 5.71. The summed E-state index contributed by atoms with van der Waals surface area (Å²) in [5, 5.41) is 0. The third kappa shape index (κ3) is 65.1. The first kappa shape index (κ1) is 76.3. The Kier molecular flexibility index (Phi) is 64.7. The van der Waals surface area contributed by atoms with Gasteiger partial charge < -0.3 is 14.2 Å². The van der Waals surface area contributed by atoms with Crippen LogP contribution in [0, 0.1) is 0 Å². The van der Waals surface area contributed by atoms with Crippen LogP contribution >= 0.6 is 0 Å². The van der Waals surface area contributed by atoms with Crippen LogP contribution < -0.4 is 0 Å². The number of unbranched alkanes of at least 4 members (excludes halogenated alkanes) is 35. The Morgan fingerprint density at radius 3 is 0.775 bits per heavy atom. The van der Waals surface area contributed by atoms with Crippen LogP contribution in [0.25, 0.3) is 0 Å². The third-order valence-corrected chi connectivity index (χ3v) is 14.8. The van der Waals surface area contributed by atoms with Gasteiger partial charge in [0.25, 0.3) is 0 Å². The summed E-state index contributed by atoms with van der Waals surface area (Å²) < 4.78 is 17.0. The number of hydrogen-bond donors (Lipinski definition) is 0. The largest absolute Gasteiger partial charge is 0.462 e. The molecule has 0 N–H and O–H groups in total. The number of allylic oxidation sites excluding steroid dienone is 16. The van der Waals surface area contributed by atoms with Gasteiger partial charge in [0, 0.05) is 19.3 Å². The summed E-state index contributed by atoms with van der Waals surface area (Å²) in [7, 11) is 0. The zero-order valence-corrected chi connectivity index (χ0v) is 52.8. The zero-order chi connectivity index (χ0) is 57.8. The van der Waals surface area contributed by atoms with Gasteiger partial charge in [-0.3, -0.25) is 14.4 Å². The second-order valence-electron chi connectivity index (χ2n) is 22.7. The average molecular weight is 1110 g/mol. The second-order valence-corrected chi connectivity index (χ2v) is 22.7. The van der Waals surface area contributed by atoms with E-state index in [1.165, 1.54) is 173 Å². The Morgan fingerprint density at radius 1 is 0.263 bits per heavy atom. The van der Waals surface area contributed by atoms with Crippen LogP contribution in [-0.2, 0) is 28.6 Å². The Balaban J connectivity index is 4.40. The van der Waals surface area contributed by atoms with Crippen molar-refractivity contribution in [3.8, 4) is 0 Å². The first-order valence-electron chi connectivity index (χ1n) is 34.2. The molecule has 0 fully saturated rings. The predicted molar refractivity (Wildman–Crippen MR) is 348 cm³/mol. The molecule has 1 unspecified atom stereocenters. The van der Waals surface area contributed by atoms with Crippen molar-refractivity contribution in [1.82, 2.24) is 0 Å². The maximum absolute atomic E-state index is 13.0. The Hall–Kier alpha value is -3.67. The van der Waals surface area contributed by atoms with Crippen LogP contribution in [0.2, 0.25) is 0 Å². The number of carbonyl (C=O) groups is 3. The number of ether oxygens (including phenoxy) is 3. The van der Waals surface area contributed by atoms with E-state index >= 15 is 0 Å². The summed E-state index contributed by atoms with van der Waals surface area (Å²) in [5.41, 5.74) is 0. The SMILES string of the molecule is CC/C=C\C/C=C\C/C=C\C/C=C\C/C=C\C/C=C\CCCCCCCCC(=O)OCC(COC(=O)CCCCCCCCC/C=C\C/C=C\CCCCCC)OC(=O)CCCCCCCCCCCCCCCCCCCCC. The van der Waals surface area contributed by atoms with E-state index in [0.29, 0.717) is 19.3 Å². The molecule has 0 aliphatic carbocycles. The van der Waals surface area contributed by atoms with Crippen LogP contribution in [0.3, 0.4) is 0 Å². The molecule has 0 aliphatic heterocycles. The van der Waals surface area contributed by atoms with Gasteiger partial charge in [-0.05, 0) is 103 Å². The van der Waals surface area contributed by atoms with Crippen molar-refractivity contribution in [3.63, 3.8) is 0 Å². The fourth-order valence-electron chi connectivity index (χ4n) is 9.71. The van der Waals surface area contributed by atoms with Gasteiger partial charge in [-0.2, -0.15) is 0 Å². The van der Waals surface area contributed by atoms with Gasteiger partial charge in [-0.1, -0.05) is 311 Å². The monoisotopic (exact) mass is 1110 g/mol. The molecule has 0 saturated carbocycles. The smallest absolute Gasteiger partial charge is 0.306 e. The van der Waals surface area contributed by atoms with Crippen molar-refractivity contribution in [3.05, 3.63) is 97.2 Å². The molecule has 0 bridgehead atoms. The van der Waals surface area contributed by atoms with Crippen LogP contribution in [-0.4, -0.2) is 37.2 Å². The molecule has 460 valence electrons. The molecular formula is C74H128O6. The fraction of sp³-hybridized carbons (Fsp3) is 0.743. The lowest BCUT2D eigenvalue weighted by Crippen LogP contribution is -2.30. The minimum absolute atomic E-state index is 0.0839. The van der Waals surface area contributed by atoms with Crippen LogP contribution in [0.15, 0.2) is 97.2 Å². The van der Waals surface area contributed by atoms with Crippen molar-refractivity contribution in [1.29, 1.82) is 0 Å². The lowest BCUT2D eigenvalue weighted by molar-refractivity contribution is -0.167. The number of esters is 3. The minimum atomic E-state index is -0.788. The van der Waals surface area contributed by atoms with Gasteiger partial charge in [0.2, 0.25) is 0 Å². The average Bonchev–Trinajstić information content (AvgIpc) is 3.46. The van der Waals surface area contributed by atoms with Gasteiger partial charge in [0.05, 0.1) is 0 Å². The number of rotatable bonds is 62. The highest BCUT2D eigenvalue weighted by Crippen LogP contribution is 2.17. The quantitative estimate of drug-likeness (QED) is 0.0261. The van der Waals surface area contributed by atoms with E-state index in [9.17, 15) is 14.4 Å². The highest BCUT2D eigenvalue weighted by Gasteiger charge is 2.19. The van der Waals surface area contributed by atoms with Crippen LogP contribution in [0.4, 0.5) is 0 Å². The molecule has 0 aromatic rings. The molecule has 0 amide bonds. The van der Waals surface area contributed by atoms with Crippen LogP contribution in [0.1, 0.15) is 335 Å². The lowest BCUT2D eigenvalue weighted by atomic mass is 10.0. The molecular weight excluding hydrogens is 985 g/mol. The van der Waals surface area contributed by atoms with Crippen molar-refractivity contribution < 1.29 is 28.6 Å². The third-order valence-electron chi connectivity index (χ3n) is 14.8. The molecule has 0 rings (SSSR count). The molecule has 6 heteroatoms. The van der Waals surface area contributed by atoms with Gasteiger partial charge in [-0.25, -0.2) is 0 Å². The highest BCUT2D eigenvalue weighted by atomic mass is 16.6. The number of carbonyl (C=O) groups excluding carboxylic acids is 3. The van der Waals surface area contributed by atoms with Gasteiger partial charge in [0.1, 0.15) is 13.2 Å². The summed E-state index contributed by atoms with van der Waals surface area (Å²) in [6.07, 6.45) is 91.3. The minimum Gasteiger partial charge on any atom is -0.462 e.